The van der Waals surface area contributed by atoms with Gasteiger partial charge in [0.1, 0.15) is 0 Å². The van der Waals surface area contributed by atoms with E-state index in [1.54, 1.807) is 0 Å². The zero-order valence-corrected chi connectivity index (χ0v) is 9.23. The van der Waals surface area contributed by atoms with E-state index < -0.39 is 9.73 Å². The SMILES string of the molecule is CC(C)C1CCN=S1(=O)C(C)C. The standard InChI is InChI=1S/C9H19NOS/c1-7(2)9-5-6-10-12(9,11)8(3)4/h7-9H,5-6H2,1-4H3. The van der Waals surface area contributed by atoms with Crippen molar-refractivity contribution >= 4 is 9.73 Å². The molecule has 1 aliphatic rings. The molecule has 2 atom stereocenters. The van der Waals surface area contributed by atoms with E-state index in [0.717, 1.165) is 13.0 Å². The molecule has 72 valence electrons. The normalized spacial score (nSPS) is 36.0. The van der Waals surface area contributed by atoms with Crippen molar-refractivity contribution in [2.45, 2.75) is 44.6 Å². The average molecular weight is 189 g/mol. The maximum absolute atomic E-state index is 12.3. The second-order valence-corrected chi connectivity index (χ2v) is 7.12. The molecular weight excluding hydrogens is 170 g/mol. The molecule has 0 saturated heterocycles. The fourth-order valence-corrected chi connectivity index (χ4v) is 4.61. The van der Waals surface area contributed by atoms with Crippen LogP contribution in [0.1, 0.15) is 34.1 Å². The maximum atomic E-state index is 12.3. The Bertz CT molecular complexity index is 262. The monoisotopic (exact) mass is 189 g/mol. The largest absolute Gasteiger partial charge is 0.249 e. The van der Waals surface area contributed by atoms with Gasteiger partial charge < -0.3 is 0 Å². The van der Waals surface area contributed by atoms with E-state index in [4.69, 9.17) is 0 Å². The van der Waals surface area contributed by atoms with Gasteiger partial charge in [0.15, 0.2) is 0 Å². The van der Waals surface area contributed by atoms with Crippen molar-refractivity contribution in [3.8, 4) is 0 Å². The van der Waals surface area contributed by atoms with Gasteiger partial charge in [-0.2, -0.15) is 0 Å². The van der Waals surface area contributed by atoms with Gasteiger partial charge in [0, 0.05) is 17.0 Å². The molecule has 0 saturated carbocycles. The van der Waals surface area contributed by atoms with Crippen LogP contribution < -0.4 is 0 Å². The molecule has 0 aliphatic carbocycles. The summed E-state index contributed by atoms with van der Waals surface area (Å²) in [6.07, 6.45) is 1.02. The van der Waals surface area contributed by atoms with E-state index in [1.807, 2.05) is 13.8 Å². The Kier molecular flexibility index (Phi) is 2.81. The third kappa shape index (κ3) is 1.51. The van der Waals surface area contributed by atoms with Crippen molar-refractivity contribution in [3.63, 3.8) is 0 Å². The van der Waals surface area contributed by atoms with Gasteiger partial charge in [0.2, 0.25) is 0 Å². The molecule has 12 heavy (non-hydrogen) atoms. The topological polar surface area (TPSA) is 29.4 Å². The van der Waals surface area contributed by atoms with Crippen molar-refractivity contribution in [2.75, 3.05) is 6.54 Å². The molecule has 0 spiro atoms. The van der Waals surface area contributed by atoms with Crippen LogP contribution in [0.2, 0.25) is 0 Å². The van der Waals surface area contributed by atoms with Crippen molar-refractivity contribution in [2.24, 2.45) is 10.3 Å². The maximum Gasteiger partial charge on any atom is 0.0523 e. The molecule has 0 aromatic heterocycles. The highest BCUT2D eigenvalue weighted by Crippen LogP contribution is 2.27. The van der Waals surface area contributed by atoms with Gasteiger partial charge in [-0.15, -0.1) is 0 Å². The zero-order valence-electron chi connectivity index (χ0n) is 8.41. The highest BCUT2D eigenvalue weighted by atomic mass is 32.2. The second-order valence-electron chi connectivity index (χ2n) is 4.09. The fraction of sp³-hybridized carbons (Fsp3) is 1.00. The van der Waals surface area contributed by atoms with Crippen LogP contribution >= 0.6 is 0 Å². The predicted molar refractivity (Wildman–Crippen MR) is 53.8 cm³/mol. The van der Waals surface area contributed by atoms with Crippen molar-refractivity contribution < 1.29 is 4.21 Å². The van der Waals surface area contributed by atoms with E-state index in [9.17, 15) is 4.21 Å². The minimum atomic E-state index is -1.89. The van der Waals surface area contributed by atoms with Gasteiger partial charge in [-0.1, -0.05) is 27.7 Å². The molecule has 0 fully saturated rings. The minimum Gasteiger partial charge on any atom is -0.249 e. The van der Waals surface area contributed by atoms with Gasteiger partial charge in [0.05, 0.1) is 9.73 Å². The summed E-state index contributed by atoms with van der Waals surface area (Å²) in [6.45, 7) is 9.14. The average Bonchev–Trinajstić information content (AvgIpc) is 2.32. The summed E-state index contributed by atoms with van der Waals surface area (Å²) in [5.74, 6) is 0.506. The Morgan fingerprint density at radius 3 is 2.25 bits per heavy atom. The summed E-state index contributed by atoms with van der Waals surface area (Å²) in [5, 5.41) is 0.546. The van der Waals surface area contributed by atoms with Crippen LogP contribution in [-0.2, 0) is 9.73 Å². The number of hydrogen-bond donors (Lipinski definition) is 0. The predicted octanol–water partition coefficient (Wildman–Crippen LogP) is 2.29. The Hall–Kier alpha value is -0.0500. The Morgan fingerprint density at radius 1 is 1.33 bits per heavy atom. The Balaban J connectivity index is 2.96. The van der Waals surface area contributed by atoms with Crippen molar-refractivity contribution in [1.29, 1.82) is 0 Å². The molecule has 3 heteroatoms. The van der Waals surface area contributed by atoms with E-state index in [1.165, 1.54) is 0 Å². The summed E-state index contributed by atoms with van der Waals surface area (Å²) < 4.78 is 16.6. The van der Waals surface area contributed by atoms with E-state index >= 15 is 0 Å². The molecule has 2 nitrogen and oxygen atoms in total. The molecular formula is C9H19NOS. The van der Waals surface area contributed by atoms with Crippen LogP contribution in [0.15, 0.2) is 4.36 Å². The first-order valence-corrected chi connectivity index (χ1v) is 6.33. The Labute approximate surface area is 75.9 Å². The van der Waals surface area contributed by atoms with Crippen LogP contribution in [0.3, 0.4) is 0 Å². The molecule has 0 radical (unpaired) electrons. The summed E-state index contributed by atoms with van der Waals surface area (Å²) in [7, 11) is -1.89. The fourth-order valence-electron chi connectivity index (χ4n) is 1.81. The first-order valence-electron chi connectivity index (χ1n) is 4.69. The van der Waals surface area contributed by atoms with E-state index in [2.05, 4.69) is 18.2 Å². The lowest BCUT2D eigenvalue weighted by Crippen LogP contribution is -2.28. The lowest BCUT2D eigenvalue weighted by atomic mass is 10.1. The summed E-state index contributed by atoms with van der Waals surface area (Å²) in [6, 6.07) is 0. The second kappa shape index (κ2) is 3.36. The molecule has 0 N–H and O–H groups in total. The zero-order chi connectivity index (χ0) is 9.35. The third-order valence-corrected chi connectivity index (χ3v) is 6.14. The number of hydrogen-bond acceptors (Lipinski definition) is 2. The first kappa shape index (κ1) is 10.0. The summed E-state index contributed by atoms with van der Waals surface area (Å²) in [5.41, 5.74) is 0. The third-order valence-electron chi connectivity index (χ3n) is 2.56. The van der Waals surface area contributed by atoms with Gasteiger partial charge in [0.25, 0.3) is 0 Å². The molecule has 1 aliphatic heterocycles. The Morgan fingerprint density at radius 2 is 1.92 bits per heavy atom. The smallest absolute Gasteiger partial charge is 0.0523 e. The van der Waals surface area contributed by atoms with E-state index in [0.29, 0.717) is 11.2 Å². The molecule has 0 amide bonds. The highest BCUT2D eigenvalue weighted by Gasteiger charge is 2.32. The van der Waals surface area contributed by atoms with Gasteiger partial charge in [-0.05, 0) is 12.3 Å². The molecule has 1 rings (SSSR count). The quantitative estimate of drug-likeness (QED) is 0.655. The molecule has 0 aromatic carbocycles. The van der Waals surface area contributed by atoms with Gasteiger partial charge in [-0.25, -0.2) is 8.57 Å². The minimum absolute atomic E-state index is 0.215. The van der Waals surface area contributed by atoms with Crippen LogP contribution in [0.25, 0.3) is 0 Å². The number of nitrogens with zero attached hydrogens (tertiary/aromatic N) is 1. The van der Waals surface area contributed by atoms with Crippen molar-refractivity contribution in [1.82, 2.24) is 0 Å². The first-order chi connectivity index (χ1) is 5.48. The lowest BCUT2D eigenvalue weighted by Gasteiger charge is -2.21. The van der Waals surface area contributed by atoms with Crippen LogP contribution in [0.4, 0.5) is 0 Å². The van der Waals surface area contributed by atoms with Crippen LogP contribution in [0.5, 0.6) is 0 Å². The summed E-state index contributed by atoms with van der Waals surface area (Å²) >= 11 is 0. The van der Waals surface area contributed by atoms with E-state index in [-0.39, 0.29) is 5.25 Å². The highest BCUT2D eigenvalue weighted by molar-refractivity contribution is 7.95. The molecule has 0 bridgehead atoms. The van der Waals surface area contributed by atoms with Gasteiger partial charge >= 0.3 is 0 Å². The lowest BCUT2D eigenvalue weighted by molar-refractivity contribution is 0.567. The number of rotatable bonds is 2. The van der Waals surface area contributed by atoms with Crippen LogP contribution in [-0.4, -0.2) is 21.3 Å². The molecule has 0 aromatic rings. The molecule has 1 heterocycles. The van der Waals surface area contributed by atoms with Crippen LogP contribution in [0, 0.1) is 5.92 Å². The van der Waals surface area contributed by atoms with Gasteiger partial charge in [-0.3, -0.25) is 0 Å². The summed E-state index contributed by atoms with van der Waals surface area (Å²) in [4.78, 5) is 0. The van der Waals surface area contributed by atoms with Crippen molar-refractivity contribution in [3.05, 3.63) is 0 Å². The molecule has 2 unspecified atom stereocenters.